The molecule has 0 bridgehead atoms. The molecule has 0 spiro atoms. The van der Waals surface area contributed by atoms with Crippen LogP contribution in [0.4, 0.5) is 16.2 Å². The predicted octanol–water partition coefficient (Wildman–Crippen LogP) is 1.15. The van der Waals surface area contributed by atoms with Crippen molar-refractivity contribution in [1.29, 1.82) is 0 Å². The first kappa shape index (κ1) is 9.18. The number of phenolic OH excluding ortho intramolecular Hbond substituents is 1. The summed E-state index contributed by atoms with van der Waals surface area (Å²) >= 11 is 0. The van der Waals surface area contributed by atoms with Crippen molar-refractivity contribution < 1.29 is 14.6 Å². The van der Waals surface area contributed by atoms with Gasteiger partial charge < -0.3 is 15.6 Å². The fourth-order valence-electron chi connectivity index (χ4n) is 0.801. The molecule has 5 heteroatoms. The lowest BCUT2D eigenvalue weighted by molar-refractivity contribution is 0.187. The molecule has 5 nitrogen and oxygen atoms in total. The van der Waals surface area contributed by atoms with E-state index in [1.165, 1.54) is 25.3 Å². The molecule has 1 aromatic carbocycles. The zero-order chi connectivity index (χ0) is 9.84. The quantitative estimate of drug-likeness (QED) is 0.345. The highest BCUT2D eigenvalue weighted by Crippen LogP contribution is 2.23. The minimum absolute atomic E-state index is 0.0181. The van der Waals surface area contributed by atoms with Crippen molar-refractivity contribution in [3.05, 3.63) is 18.2 Å². The summed E-state index contributed by atoms with van der Waals surface area (Å²) in [5.41, 5.74) is 6.07. The van der Waals surface area contributed by atoms with Crippen LogP contribution < -0.4 is 11.1 Å². The Hall–Kier alpha value is -1.91. The molecule has 0 aliphatic heterocycles. The van der Waals surface area contributed by atoms with Gasteiger partial charge in [0.25, 0.3) is 0 Å². The van der Waals surface area contributed by atoms with Crippen molar-refractivity contribution >= 4 is 17.5 Å². The summed E-state index contributed by atoms with van der Waals surface area (Å²) in [7, 11) is 1.26. The van der Waals surface area contributed by atoms with Gasteiger partial charge >= 0.3 is 6.09 Å². The number of carbonyl (C=O) groups is 1. The summed E-state index contributed by atoms with van der Waals surface area (Å²) in [6, 6.07) is 4.34. The van der Waals surface area contributed by atoms with Crippen molar-refractivity contribution in [2.45, 2.75) is 0 Å². The molecule has 0 aliphatic rings. The van der Waals surface area contributed by atoms with Crippen LogP contribution in [-0.4, -0.2) is 18.3 Å². The molecule has 0 unspecified atom stereocenters. The lowest BCUT2D eigenvalue weighted by Gasteiger charge is -2.04. The van der Waals surface area contributed by atoms with Gasteiger partial charge in [-0.15, -0.1) is 0 Å². The van der Waals surface area contributed by atoms with E-state index in [4.69, 9.17) is 10.8 Å². The fraction of sp³-hybridized carbons (Fsp3) is 0.125. The Morgan fingerprint density at radius 2 is 2.31 bits per heavy atom. The first-order chi connectivity index (χ1) is 6.13. The SMILES string of the molecule is COC(=O)Nc1ccc(O)c(N)c1. The van der Waals surface area contributed by atoms with E-state index in [1.807, 2.05) is 0 Å². The van der Waals surface area contributed by atoms with Gasteiger partial charge in [-0.2, -0.15) is 0 Å². The number of nitrogens with two attached hydrogens (primary N) is 1. The number of amides is 1. The lowest BCUT2D eigenvalue weighted by atomic mass is 10.2. The smallest absolute Gasteiger partial charge is 0.411 e. The van der Waals surface area contributed by atoms with Crippen LogP contribution >= 0.6 is 0 Å². The van der Waals surface area contributed by atoms with Crippen molar-refractivity contribution in [1.82, 2.24) is 0 Å². The molecule has 1 amide bonds. The van der Waals surface area contributed by atoms with E-state index < -0.39 is 6.09 Å². The normalized spacial score (nSPS) is 9.31. The lowest BCUT2D eigenvalue weighted by Crippen LogP contribution is -2.10. The zero-order valence-corrected chi connectivity index (χ0v) is 7.07. The van der Waals surface area contributed by atoms with E-state index in [1.54, 1.807) is 0 Å². The molecule has 70 valence electrons. The van der Waals surface area contributed by atoms with Crippen LogP contribution in [0.3, 0.4) is 0 Å². The van der Waals surface area contributed by atoms with Crippen LogP contribution in [0.15, 0.2) is 18.2 Å². The van der Waals surface area contributed by atoms with Gasteiger partial charge in [0.15, 0.2) is 0 Å². The third kappa shape index (κ3) is 2.26. The Balaban J connectivity index is 2.79. The number of anilines is 2. The Morgan fingerprint density at radius 3 is 2.85 bits per heavy atom. The summed E-state index contributed by atoms with van der Waals surface area (Å²) in [6.45, 7) is 0. The minimum Gasteiger partial charge on any atom is -0.506 e. The minimum atomic E-state index is -0.579. The molecule has 1 rings (SSSR count). The molecular formula is C8H10N2O3. The monoisotopic (exact) mass is 182 g/mol. The van der Waals surface area contributed by atoms with Crippen molar-refractivity contribution in [3.63, 3.8) is 0 Å². The fourth-order valence-corrected chi connectivity index (χ4v) is 0.801. The van der Waals surface area contributed by atoms with Gasteiger partial charge in [0.1, 0.15) is 5.75 Å². The third-order valence-corrected chi connectivity index (χ3v) is 1.46. The first-order valence-electron chi connectivity index (χ1n) is 3.57. The number of nitrogen functional groups attached to an aromatic ring is 1. The highest BCUT2D eigenvalue weighted by Gasteiger charge is 2.02. The number of methoxy groups -OCH3 is 1. The zero-order valence-electron chi connectivity index (χ0n) is 7.07. The van der Waals surface area contributed by atoms with Crippen molar-refractivity contribution in [2.24, 2.45) is 0 Å². The van der Waals surface area contributed by atoms with E-state index in [0.717, 1.165) is 0 Å². The summed E-state index contributed by atoms with van der Waals surface area (Å²) in [5, 5.41) is 11.5. The number of hydrogen-bond donors (Lipinski definition) is 3. The van der Waals surface area contributed by atoms with Gasteiger partial charge in [0.05, 0.1) is 12.8 Å². The molecule has 0 radical (unpaired) electrons. The molecule has 0 atom stereocenters. The van der Waals surface area contributed by atoms with Crippen molar-refractivity contribution in [3.8, 4) is 5.75 Å². The summed E-state index contributed by atoms with van der Waals surface area (Å²) in [6.07, 6.45) is -0.579. The maximum absolute atomic E-state index is 10.7. The second kappa shape index (κ2) is 3.66. The summed E-state index contributed by atoms with van der Waals surface area (Å²) in [5.74, 6) is -0.0181. The molecule has 0 fully saturated rings. The van der Waals surface area contributed by atoms with Crippen LogP contribution in [0.1, 0.15) is 0 Å². The molecule has 13 heavy (non-hydrogen) atoms. The summed E-state index contributed by atoms with van der Waals surface area (Å²) < 4.78 is 4.37. The van der Waals surface area contributed by atoms with Crippen LogP contribution in [0.5, 0.6) is 5.75 Å². The van der Waals surface area contributed by atoms with E-state index in [2.05, 4.69) is 10.1 Å². The number of rotatable bonds is 1. The van der Waals surface area contributed by atoms with Gasteiger partial charge in [-0.05, 0) is 18.2 Å². The Bertz CT molecular complexity index is 325. The van der Waals surface area contributed by atoms with E-state index in [0.29, 0.717) is 5.69 Å². The molecule has 0 saturated carbocycles. The Labute approximate surface area is 75.1 Å². The molecular weight excluding hydrogens is 172 g/mol. The number of ether oxygens (including phenoxy) is 1. The number of carbonyl (C=O) groups excluding carboxylic acids is 1. The molecule has 0 heterocycles. The number of phenols is 1. The van der Waals surface area contributed by atoms with Gasteiger partial charge in [-0.25, -0.2) is 4.79 Å². The molecule has 1 aromatic rings. The Kier molecular flexibility index (Phi) is 2.59. The van der Waals surface area contributed by atoms with Crippen LogP contribution in [0, 0.1) is 0 Å². The van der Waals surface area contributed by atoms with E-state index in [-0.39, 0.29) is 11.4 Å². The van der Waals surface area contributed by atoms with Crippen molar-refractivity contribution in [2.75, 3.05) is 18.2 Å². The highest BCUT2D eigenvalue weighted by atomic mass is 16.5. The Morgan fingerprint density at radius 1 is 1.62 bits per heavy atom. The second-order valence-corrected chi connectivity index (χ2v) is 2.39. The number of aromatic hydroxyl groups is 1. The molecule has 0 saturated heterocycles. The van der Waals surface area contributed by atoms with Crippen LogP contribution in [0.25, 0.3) is 0 Å². The molecule has 0 aromatic heterocycles. The van der Waals surface area contributed by atoms with E-state index in [9.17, 15) is 4.79 Å². The predicted molar refractivity (Wildman–Crippen MR) is 48.5 cm³/mol. The average Bonchev–Trinajstić information content (AvgIpc) is 2.11. The molecule has 0 aliphatic carbocycles. The third-order valence-electron chi connectivity index (χ3n) is 1.46. The second-order valence-electron chi connectivity index (χ2n) is 2.39. The van der Waals surface area contributed by atoms with E-state index >= 15 is 0 Å². The highest BCUT2D eigenvalue weighted by molar-refractivity contribution is 5.85. The summed E-state index contributed by atoms with van der Waals surface area (Å²) in [4.78, 5) is 10.7. The standard InChI is InChI=1S/C8H10N2O3/c1-13-8(12)10-5-2-3-7(11)6(9)4-5/h2-4,11H,9H2,1H3,(H,10,12). The number of nitrogens with one attached hydrogen (secondary N) is 1. The van der Waals surface area contributed by atoms with Gasteiger partial charge in [0, 0.05) is 5.69 Å². The number of benzene rings is 1. The first-order valence-corrected chi connectivity index (χ1v) is 3.57. The van der Waals surface area contributed by atoms with Gasteiger partial charge in [0.2, 0.25) is 0 Å². The average molecular weight is 182 g/mol. The largest absolute Gasteiger partial charge is 0.506 e. The van der Waals surface area contributed by atoms with Gasteiger partial charge in [-0.3, -0.25) is 5.32 Å². The topological polar surface area (TPSA) is 84.6 Å². The maximum atomic E-state index is 10.7. The van der Waals surface area contributed by atoms with Gasteiger partial charge in [-0.1, -0.05) is 0 Å². The maximum Gasteiger partial charge on any atom is 0.411 e. The van der Waals surface area contributed by atoms with Crippen LogP contribution in [0.2, 0.25) is 0 Å². The number of hydrogen-bond acceptors (Lipinski definition) is 4. The molecule has 4 N–H and O–H groups in total. The van der Waals surface area contributed by atoms with Crippen LogP contribution in [-0.2, 0) is 4.74 Å².